The maximum atomic E-state index is 11.0. The first-order chi connectivity index (χ1) is 13.2. The molecular formula is C18H30O8Si2. The van der Waals surface area contributed by atoms with Gasteiger partial charge in [-0.15, -0.1) is 0 Å². The van der Waals surface area contributed by atoms with Gasteiger partial charge in [0.15, 0.2) is 0 Å². The topological polar surface area (TPSA) is 105 Å². The second-order valence-electron chi connectivity index (χ2n) is 6.08. The van der Waals surface area contributed by atoms with E-state index in [9.17, 15) is 19.2 Å². The van der Waals surface area contributed by atoms with E-state index >= 15 is 0 Å². The van der Waals surface area contributed by atoms with E-state index in [1.54, 1.807) is 0 Å². The van der Waals surface area contributed by atoms with Gasteiger partial charge in [0, 0.05) is 59.6 Å². The summed E-state index contributed by atoms with van der Waals surface area (Å²) < 4.78 is 19.8. The highest BCUT2D eigenvalue weighted by Gasteiger charge is 2.15. The van der Waals surface area contributed by atoms with Crippen LogP contribution >= 0.6 is 0 Å². The van der Waals surface area contributed by atoms with Crippen molar-refractivity contribution in [2.24, 2.45) is 0 Å². The third-order valence-electron chi connectivity index (χ3n) is 3.25. The van der Waals surface area contributed by atoms with Crippen LogP contribution in [0.15, 0.2) is 0 Å². The van der Waals surface area contributed by atoms with Gasteiger partial charge in [-0.3, -0.25) is 19.2 Å². The normalized spacial score (nSPS) is 10.6. The summed E-state index contributed by atoms with van der Waals surface area (Å²) >= 11 is 0. The molecule has 0 aromatic heterocycles. The van der Waals surface area contributed by atoms with Gasteiger partial charge in [-0.05, 0) is 12.8 Å². The van der Waals surface area contributed by atoms with Gasteiger partial charge in [0.2, 0.25) is 12.6 Å². The van der Waals surface area contributed by atoms with E-state index < -0.39 is 36.5 Å². The quantitative estimate of drug-likeness (QED) is 0.169. The van der Waals surface area contributed by atoms with Gasteiger partial charge >= 0.3 is 23.9 Å². The van der Waals surface area contributed by atoms with Gasteiger partial charge in [0.25, 0.3) is 0 Å². The zero-order chi connectivity index (χ0) is 21.4. The number of hydrogen-bond acceptors (Lipinski definition) is 8. The summed E-state index contributed by atoms with van der Waals surface area (Å²) in [5, 5.41) is 0. The number of esters is 4. The average molecular weight is 431 g/mol. The van der Waals surface area contributed by atoms with Crippen molar-refractivity contribution in [2.45, 2.75) is 90.1 Å². The van der Waals surface area contributed by atoms with Crippen LogP contribution in [0, 0.1) is 0 Å². The van der Waals surface area contributed by atoms with Crippen LogP contribution in [0.2, 0.25) is 24.2 Å². The van der Waals surface area contributed by atoms with E-state index in [4.69, 9.17) is 18.9 Å². The van der Waals surface area contributed by atoms with E-state index in [-0.39, 0.29) is 0 Å². The standard InChI is InChI=1S/C18H30O8Si2/c1-13(19)23-17(24-14(2)20)7-5-9-27-11-12-28-10-6-8-18(25-15(3)21)26-16(4)22/h17-18H,5-12H2,1-4H3. The lowest BCUT2D eigenvalue weighted by atomic mass is 10.3. The Morgan fingerprint density at radius 2 is 0.857 bits per heavy atom. The van der Waals surface area contributed by atoms with Crippen molar-refractivity contribution in [1.82, 2.24) is 0 Å². The maximum Gasteiger partial charge on any atom is 0.305 e. The van der Waals surface area contributed by atoms with Crippen LogP contribution in [0.3, 0.4) is 0 Å². The van der Waals surface area contributed by atoms with Crippen LogP contribution in [0.1, 0.15) is 53.4 Å². The smallest absolute Gasteiger partial charge is 0.305 e. The van der Waals surface area contributed by atoms with Crippen molar-refractivity contribution in [3.05, 3.63) is 0 Å². The van der Waals surface area contributed by atoms with E-state index in [0.29, 0.717) is 12.8 Å². The summed E-state index contributed by atoms with van der Waals surface area (Å²) in [6, 6.07) is 4.26. The highest BCUT2D eigenvalue weighted by molar-refractivity contribution is 6.42. The highest BCUT2D eigenvalue weighted by atomic mass is 28.2. The van der Waals surface area contributed by atoms with Crippen LogP contribution in [-0.4, -0.2) is 55.5 Å². The molecule has 0 aliphatic carbocycles. The lowest BCUT2D eigenvalue weighted by Gasteiger charge is -2.16. The molecule has 0 N–H and O–H groups in total. The van der Waals surface area contributed by atoms with Crippen LogP contribution in [0.25, 0.3) is 0 Å². The molecule has 0 bridgehead atoms. The van der Waals surface area contributed by atoms with Gasteiger partial charge in [-0.1, -0.05) is 24.2 Å². The van der Waals surface area contributed by atoms with E-state index in [1.165, 1.54) is 27.7 Å². The van der Waals surface area contributed by atoms with Crippen molar-refractivity contribution >= 4 is 42.9 Å². The molecule has 0 atom stereocenters. The largest absolute Gasteiger partial charge is 0.425 e. The molecule has 4 radical (unpaired) electrons. The Labute approximate surface area is 171 Å². The van der Waals surface area contributed by atoms with E-state index in [0.717, 1.165) is 56.1 Å². The minimum atomic E-state index is -0.788. The summed E-state index contributed by atoms with van der Waals surface area (Å²) in [5.74, 6) is -1.84. The summed E-state index contributed by atoms with van der Waals surface area (Å²) in [4.78, 5) is 43.9. The maximum absolute atomic E-state index is 11.0. The molecular weight excluding hydrogens is 400 g/mol. The molecule has 158 valence electrons. The fourth-order valence-electron chi connectivity index (χ4n) is 2.24. The second-order valence-corrected chi connectivity index (χ2v) is 9.08. The molecule has 0 amide bonds. The molecule has 10 heteroatoms. The molecule has 0 aliphatic heterocycles. The van der Waals surface area contributed by atoms with Gasteiger partial charge in [0.05, 0.1) is 0 Å². The number of hydrogen-bond donors (Lipinski definition) is 0. The Bertz CT molecular complexity index is 422. The monoisotopic (exact) mass is 430 g/mol. The fraction of sp³-hybridized carbons (Fsp3) is 0.778. The molecule has 0 heterocycles. The number of rotatable bonds is 15. The minimum absolute atomic E-state index is 0.459. The molecule has 28 heavy (non-hydrogen) atoms. The van der Waals surface area contributed by atoms with Crippen LogP contribution < -0.4 is 0 Å². The molecule has 0 fully saturated rings. The minimum Gasteiger partial charge on any atom is -0.425 e. The van der Waals surface area contributed by atoms with Crippen molar-refractivity contribution in [3.8, 4) is 0 Å². The first-order valence-corrected chi connectivity index (χ1v) is 12.1. The molecule has 0 unspecified atom stereocenters. The van der Waals surface area contributed by atoms with Crippen molar-refractivity contribution in [2.75, 3.05) is 0 Å². The van der Waals surface area contributed by atoms with Gasteiger partial charge in [0.1, 0.15) is 0 Å². The van der Waals surface area contributed by atoms with Crippen molar-refractivity contribution < 1.29 is 38.1 Å². The summed E-state index contributed by atoms with van der Waals surface area (Å²) in [7, 11) is 1.62. The fourth-order valence-corrected chi connectivity index (χ4v) is 5.06. The Morgan fingerprint density at radius 1 is 0.571 bits per heavy atom. The summed E-state index contributed by atoms with van der Waals surface area (Å²) in [5.41, 5.74) is 0. The highest BCUT2D eigenvalue weighted by Crippen LogP contribution is 2.11. The Balaban J connectivity index is 3.71. The SMILES string of the molecule is CC(=O)OC(CCC[Si]CC[Si]CCCC(OC(C)=O)OC(C)=O)OC(C)=O. The summed E-state index contributed by atoms with van der Waals surface area (Å²) in [6.45, 7) is 5.17. The van der Waals surface area contributed by atoms with Crippen molar-refractivity contribution in [3.63, 3.8) is 0 Å². The number of ether oxygens (including phenoxy) is 4. The zero-order valence-corrected chi connectivity index (χ0v) is 19.1. The first-order valence-electron chi connectivity index (χ1n) is 9.31. The lowest BCUT2D eigenvalue weighted by Crippen LogP contribution is -2.22. The third kappa shape index (κ3) is 17.7. The predicted octanol–water partition coefficient (Wildman–Crippen LogP) is 2.53. The van der Waals surface area contributed by atoms with E-state index in [2.05, 4.69) is 0 Å². The first kappa shape index (κ1) is 26.3. The van der Waals surface area contributed by atoms with Crippen LogP contribution in [0.4, 0.5) is 0 Å². The molecule has 0 aromatic rings. The lowest BCUT2D eigenvalue weighted by molar-refractivity contribution is -0.187. The molecule has 0 saturated heterocycles. The number of carbonyl (C=O) groups is 4. The Kier molecular flexibility index (Phi) is 15.3. The molecule has 0 aromatic carbocycles. The van der Waals surface area contributed by atoms with Gasteiger partial charge in [-0.25, -0.2) is 0 Å². The molecule has 0 rings (SSSR count). The third-order valence-corrected chi connectivity index (χ3v) is 6.38. The van der Waals surface area contributed by atoms with Gasteiger partial charge in [-0.2, -0.15) is 0 Å². The molecule has 8 nitrogen and oxygen atoms in total. The summed E-state index contributed by atoms with van der Waals surface area (Å²) in [6.07, 6.45) is 1.12. The van der Waals surface area contributed by atoms with E-state index in [1.807, 2.05) is 0 Å². The Morgan fingerprint density at radius 3 is 1.11 bits per heavy atom. The predicted molar refractivity (Wildman–Crippen MR) is 104 cm³/mol. The second kappa shape index (κ2) is 16.3. The average Bonchev–Trinajstić information content (AvgIpc) is 2.54. The molecule has 0 spiro atoms. The van der Waals surface area contributed by atoms with Crippen LogP contribution in [-0.2, 0) is 38.1 Å². The van der Waals surface area contributed by atoms with Gasteiger partial charge < -0.3 is 18.9 Å². The van der Waals surface area contributed by atoms with Crippen LogP contribution in [0.5, 0.6) is 0 Å². The molecule has 0 saturated carbocycles. The Hall–Kier alpha value is -1.69. The zero-order valence-electron chi connectivity index (χ0n) is 17.1. The van der Waals surface area contributed by atoms with Crippen molar-refractivity contribution in [1.29, 1.82) is 0 Å². The number of carbonyl (C=O) groups excluding carboxylic acids is 4. The molecule has 0 aliphatic rings.